The number of amides is 1. The SMILES string of the molecule is CC(C)(C)OC(=O)N1C2CCC1CC(C(F)(F)c1cccc(Br)c1F)C2. The van der Waals surface area contributed by atoms with Crippen molar-refractivity contribution in [3.63, 3.8) is 0 Å². The molecule has 2 unspecified atom stereocenters. The van der Waals surface area contributed by atoms with Gasteiger partial charge in [0.05, 0.1) is 10.0 Å². The van der Waals surface area contributed by atoms with Crippen LogP contribution in [0.3, 0.4) is 0 Å². The van der Waals surface area contributed by atoms with Crippen molar-refractivity contribution in [3.8, 4) is 0 Å². The van der Waals surface area contributed by atoms with Crippen LogP contribution in [0.25, 0.3) is 0 Å². The Kier molecular flexibility index (Phi) is 5.05. The van der Waals surface area contributed by atoms with Gasteiger partial charge < -0.3 is 9.64 Å². The average molecular weight is 434 g/mol. The van der Waals surface area contributed by atoms with Gasteiger partial charge in [-0.3, -0.25) is 0 Å². The highest BCUT2D eigenvalue weighted by Gasteiger charge is 2.53. The summed E-state index contributed by atoms with van der Waals surface area (Å²) in [5.74, 6) is -5.20. The molecular formula is C19H23BrF3NO2. The second kappa shape index (κ2) is 6.73. The van der Waals surface area contributed by atoms with E-state index in [1.165, 1.54) is 12.1 Å². The highest BCUT2D eigenvalue weighted by Crippen LogP contribution is 2.49. The third-order valence-corrected chi connectivity index (χ3v) is 5.77. The summed E-state index contributed by atoms with van der Waals surface area (Å²) >= 11 is 2.98. The van der Waals surface area contributed by atoms with Gasteiger partial charge in [0.2, 0.25) is 0 Å². The molecule has 26 heavy (non-hydrogen) atoms. The van der Waals surface area contributed by atoms with Crippen LogP contribution in [0.4, 0.5) is 18.0 Å². The Morgan fingerprint density at radius 1 is 1.19 bits per heavy atom. The van der Waals surface area contributed by atoms with Crippen LogP contribution >= 0.6 is 15.9 Å². The molecule has 144 valence electrons. The number of carbonyl (C=O) groups is 1. The first kappa shape index (κ1) is 19.5. The Hall–Kier alpha value is -1.24. The standard InChI is InChI=1S/C19H23BrF3NO2/c1-18(2,3)26-17(25)24-12-7-8-13(24)10-11(9-12)19(22,23)14-5-4-6-15(20)16(14)21/h4-6,11-13H,7-10H2,1-3H3. The molecule has 7 heteroatoms. The van der Waals surface area contributed by atoms with E-state index in [0.29, 0.717) is 12.8 Å². The predicted molar refractivity (Wildman–Crippen MR) is 95.6 cm³/mol. The van der Waals surface area contributed by atoms with Crippen molar-refractivity contribution < 1.29 is 22.7 Å². The molecule has 3 nitrogen and oxygen atoms in total. The summed E-state index contributed by atoms with van der Waals surface area (Å²) < 4.78 is 49.8. The van der Waals surface area contributed by atoms with E-state index in [-0.39, 0.29) is 29.4 Å². The Bertz CT molecular complexity index is 691. The van der Waals surface area contributed by atoms with Gasteiger partial charge >= 0.3 is 6.09 Å². The molecule has 2 aliphatic rings. The summed E-state index contributed by atoms with van der Waals surface area (Å²) in [6.45, 7) is 5.34. The molecule has 0 aliphatic carbocycles. The molecule has 2 atom stereocenters. The highest BCUT2D eigenvalue weighted by molar-refractivity contribution is 9.10. The minimum Gasteiger partial charge on any atom is -0.444 e. The lowest BCUT2D eigenvalue weighted by Crippen LogP contribution is -2.50. The number of hydrogen-bond acceptors (Lipinski definition) is 2. The average Bonchev–Trinajstić information content (AvgIpc) is 2.78. The van der Waals surface area contributed by atoms with Crippen LogP contribution in [0.5, 0.6) is 0 Å². The summed E-state index contributed by atoms with van der Waals surface area (Å²) in [4.78, 5) is 14.1. The largest absolute Gasteiger partial charge is 0.444 e. The Morgan fingerprint density at radius 3 is 2.31 bits per heavy atom. The molecular weight excluding hydrogens is 411 g/mol. The third kappa shape index (κ3) is 3.59. The number of carbonyl (C=O) groups excluding carboxylic acids is 1. The van der Waals surface area contributed by atoms with E-state index in [0.717, 1.165) is 6.07 Å². The van der Waals surface area contributed by atoms with Crippen molar-refractivity contribution in [1.29, 1.82) is 0 Å². The maximum absolute atomic E-state index is 15.1. The Balaban J connectivity index is 1.80. The number of halogens is 4. The van der Waals surface area contributed by atoms with E-state index < -0.39 is 34.9 Å². The molecule has 2 bridgehead atoms. The van der Waals surface area contributed by atoms with Crippen LogP contribution in [-0.2, 0) is 10.7 Å². The van der Waals surface area contributed by atoms with Crippen LogP contribution in [-0.4, -0.2) is 28.7 Å². The number of nitrogens with zero attached hydrogens (tertiary/aromatic N) is 1. The fourth-order valence-electron chi connectivity index (χ4n) is 4.07. The number of hydrogen-bond donors (Lipinski definition) is 0. The number of rotatable bonds is 2. The zero-order valence-electron chi connectivity index (χ0n) is 15.1. The van der Waals surface area contributed by atoms with Crippen LogP contribution < -0.4 is 0 Å². The van der Waals surface area contributed by atoms with Crippen LogP contribution in [0.1, 0.15) is 52.0 Å². The number of ether oxygens (including phenoxy) is 1. The van der Waals surface area contributed by atoms with Gasteiger partial charge in [-0.2, -0.15) is 0 Å². The van der Waals surface area contributed by atoms with E-state index in [1.807, 2.05) is 0 Å². The molecule has 0 N–H and O–H groups in total. The molecule has 2 fully saturated rings. The highest BCUT2D eigenvalue weighted by atomic mass is 79.9. The molecule has 0 saturated carbocycles. The maximum atomic E-state index is 15.1. The zero-order chi connectivity index (χ0) is 19.3. The molecule has 2 heterocycles. The zero-order valence-corrected chi connectivity index (χ0v) is 16.7. The molecule has 0 spiro atoms. The molecule has 1 amide bonds. The van der Waals surface area contributed by atoms with Crippen molar-refractivity contribution in [2.75, 3.05) is 0 Å². The lowest BCUT2D eigenvalue weighted by molar-refractivity contribution is -0.100. The topological polar surface area (TPSA) is 29.5 Å². The molecule has 2 saturated heterocycles. The van der Waals surface area contributed by atoms with E-state index in [2.05, 4.69) is 15.9 Å². The lowest BCUT2D eigenvalue weighted by Gasteiger charge is -2.41. The smallest absolute Gasteiger partial charge is 0.410 e. The van der Waals surface area contributed by atoms with Crippen molar-refractivity contribution >= 4 is 22.0 Å². The minimum absolute atomic E-state index is 0.0313. The number of benzene rings is 1. The van der Waals surface area contributed by atoms with Gasteiger partial charge in [-0.05, 0) is 74.5 Å². The lowest BCUT2D eigenvalue weighted by atomic mass is 9.82. The number of piperidine rings is 1. The van der Waals surface area contributed by atoms with Gasteiger partial charge in [0.25, 0.3) is 5.92 Å². The normalized spacial score (nSPS) is 26.1. The van der Waals surface area contributed by atoms with Gasteiger partial charge in [0, 0.05) is 18.0 Å². The van der Waals surface area contributed by atoms with E-state index >= 15 is 8.78 Å². The predicted octanol–water partition coefficient (Wildman–Crippen LogP) is 5.86. The first-order chi connectivity index (χ1) is 12.0. The monoisotopic (exact) mass is 433 g/mol. The van der Waals surface area contributed by atoms with Gasteiger partial charge in [-0.25, -0.2) is 18.0 Å². The summed E-state index contributed by atoms with van der Waals surface area (Å²) in [5, 5.41) is 0. The molecule has 3 rings (SSSR count). The molecule has 0 radical (unpaired) electrons. The van der Waals surface area contributed by atoms with Gasteiger partial charge in [0.1, 0.15) is 11.4 Å². The van der Waals surface area contributed by atoms with Crippen molar-refractivity contribution in [2.24, 2.45) is 5.92 Å². The van der Waals surface area contributed by atoms with E-state index in [9.17, 15) is 9.18 Å². The molecule has 1 aromatic carbocycles. The number of fused-ring (bicyclic) bond motifs is 2. The molecule has 1 aromatic rings. The number of alkyl halides is 2. The van der Waals surface area contributed by atoms with Crippen molar-refractivity contribution in [1.82, 2.24) is 4.90 Å². The van der Waals surface area contributed by atoms with Gasteiger partial charge in [0.15, 0.2) is 0 Å². The molecule has 2 aliphatic heterocycles. The quantitative estimate of drug-likeness (QED) is 0.584. The Labute approximate surface area is 160 Å². The van der Waals surface area contributed by atoms with Crippen molar-refractivity contribution in [2.45, 2.75) is 70.1 Å². The van der Waals surface area contributed by atoms with E-state index in [4.69, 9.17) is 4.74 Å². The van der Waals surface area contributed by atoms with E-state index in [1.54, 1.807) is 25.7 Å². The van der Waals surface area contributed by atoms with Crippen molar-refractivity contribution in [3.05, 3.63) is 34.1 Å². The second-order valence-corrected chi connectivity index (χ2v) is 9.02. The summed E-state index contributed by atoms with van der Waals surface area (Å²) in [6, 6.07) is 3.40. The fourth-order valence-corrected chi connectivity index (χ4v) is 4.43. The second-order valence-electron chi connectivity index (χ2n) is 8.17. The summed E-state index contributed by atoms with van der Waals surface area (Å²) in [7, 11) is 0. The summed E-state index contributed by atoms with van der Waals surface area (Å²) in [5.41, 5.74) is -1.21. The first-order valence-corrected chi connectivity index (χ1v) is 9.63. The fraction of sp³-hybridized carbons (Fsp3) is 0.632. The van der Waals surface area contributed by atoms with Gasteiger partial charge in [-0.1, -0.05) is 6.07 Å². The van der Waals surface area contributed by atoms with Crippen LogP contribution in [0.15, 0.2) is 22.7 Å². The Morgan fingerprint density at radius 2 is 1.77 bits per heavy atom. The minimum atomic E-state index is -3.28. The molecule has 0 aromatic heterocycles. The third-order valence-electron chi connectivity index (χ3n) is 5.16. The van der Waals surface area contributed by atoms with Gasteiger partial charge in [-0.15, -0.1) is 0 Å². The first-order valence-electron chi connectivity index (χ1n) is 8.84. The van der Waals surface area contributed by atoms with Crippen LogP contribution in [0.2, 0.25) is 0 Å². The summed E-state index contributed by atoms with van der Waals surface area (Å²) in [6.07, 6.45) is 1.21. The van der Waals surface area contributed by atoms with Crippen LogP contribution in [0, 0.1) is 11.7 Å². The maximum Gasteiger partial charge on any atom is 0.410 e.